The summed E-state index contributed by atoms with van der Waals surface area (Å²) >= 11 is 1.72. The first-order chi connectivity index (χ1) is 7.24. The molecule has 0 aliphatic carbocycles. The maximum atomic E-state index is 11.6. The van der Waals surface area contributed by atoms with Crippen molar-refractivity contribution in [1.29, 1.82) is 0 Å². The number of fused-ring (bicyclic) bond motifs is 1. The van der Waals surface area contributed by atoms with E-state index in [1.807, 2.05) is 6.07 Å². The second-order valence-corrected chi connectivity index (χ2v) is 4.16. The van der Waals surface area contributed by atoms with Gasteiger partial charge in [0, 0.05) is 17.1 Å². The Hall–Kier alpha value is -1.33. The van der Waals surface area contributed by atoms with E-state index in [9.17, 15) is 9.59 Å². The van der Waals surface area contributed by atoms with E-state index in [0.29, 0.717) is 5.56 Å². The molecule has 1 heterocycles. The van der Waals surface area contributed by atoms with Gasteiger partial charge in [-0.2, -0.15) is 17.7 Å². The molecule has 0 amide bonds. The normalized spacial score (nSPS) is 13.4. The largest absolute Gasteiger partial charge is 0.398 e. The molecule has 15 heavy (non-hydrogen) atoms. The van der Waals surface area contributed by atoms with E-state index in [0.717, 1.165) is 22.6 Å². The third kappa shape index (κ3) is 1.75. The molecule has 0 saturated heterocycles. The van der Waals surface area contributed by atoms with Crippen molar-refractivity contribution in [2.75, 3.05) is 0 Å². The zero-order valence-electron chi connectivity index (χ0n) is 7.86. The number of benzene rings is 1. The fourth-order valence-corrected chi connectivity index (χ4v) is 2.72. The van der Waals surface area contributed by atoms with Gasteiger partial charge < -0.3 is 4.84 Å². The second-order valence-electron chi connectivity index (χ2n) is 3.17. The summed E-state index contributed by atoms with van der Waals surface area (Å²) < 4.78 is 0. The molecule has 0 bridgehead atoms. The summed E-state index contributed by atoms with van der Waals surface area (Å²) in [5, 5.41) is 0. The molecule has 5 heteroatoms. The van der Waals surface area contributed by atoms with Crippen molar-refractivity contribution in [1.82, 2.24) is 0 Å². The van der Waals surface area contributed by atoms with Crippen molar-refractivity contribution in [3.05, 3.63) is 34.9 Å². The van der Waals surface area contributed by atoms with Crippen LogP contribution in [0.25, 0.3) is 0 Å². The van der Waals surface area contributed by atoms with Gasteiger partial charge in [-0.25, -0.2) is 4.79 Å². The van der Waals surface area contributed by atoms with E-state index in [2.05, 4.69) is 10.7 Å². The lowest BCUT2D eigenvalue weighted by Gasteiger charge is -2.04. The lowest BCUT2D eigenvalue weighted by molar-refractivity contribution is -0.138. The summed E-state index contributed by atoms with van der Waals surface area (Å²) in [4.78, 5) is 26.5. The SMILES string of the molecule is NOC(=O)C(=O)c1cccc2c1CSC2. The topological polar surface area (TPSA) is 69.4 Å². The van der Waals surface area contributed by atoms with Crippen molar-refractivity contribution in [3.8, 4) is 0 Å². The smallest absolute Gasteiger partial charge is 0.367 e. The van der Waals surface area contributed by atoms with E-state index in [1.54, 1.807) is 23.9 Å². The van der Waals surface area contributed by atoms with Gasteiger partial charge >= 0.3 is 5.97 Å². The number of Topliss-reactive ketones (excluding diaryl/α,β-unsaturated/α-hetero) is 1. The molecule has 1 aliphatic rings. The van der Waals surface area contributed by atoms with Crippen LogP contribution in [0.5, 0.6) is 0 Å². The summed E-state index contributed by atoms with van der Waals surface area (Å²) in [5.74, 6) is 4.64. The van der Waals surface area contributed by atoms with Crippen molar-refractivity contribution in [2.45, 2.75) is 11.5 Å². The maximum absolute atomic E-state index is 11.6. The van der Waals surface area contributed by atoms with Gasteiger partial charge in [0.05, 0.1) is 0 Å². The number of rotatable bonds is 2. The molecule has 0 fully saturated rings. The van der Waals surface area contributed by atoms with Crippen LogP contribution in [0.1, 0.15) is 21.5 Å². The first kappa shape index (κ1) is 10.2. The summed E-state index contributed by atoms with van der Waals surface area (Å²) in [6.45, 7) is 0. The Kier molecular flexibility index (Phi) is 2.75. The predicted molar refractivity (Wildman–Crippen MR) is 56.1 cm³/mol. The van der Waals surface area contributed by atoms with Crippen molar-refractivity contribution < 1.29 is 14.4 Å². The molecule has 2 N–H and O–H groups in total. The molecule has 78 valence electrons. The molecule has 1 aromatic rings. The van der Waals surface area contributed by atoms with Gasteiger partial charge in [0.2, 0.25) is 0 Å². The van der Waals surface area contributed by atoms with Gasteiger partial charge in [0.25, 0.3) is 5.78 Å². The highest BCUT2D eigenvalue weighted by atomic mass is 32.2. The zero-order chi connectivity index (χ0) is 10.8. The molecular weight excluding hydrogens is 214 g/mol. The van der Waals surface area contributed by atoms with Crippen LogP contribution in [0.15, 0.2) is 18.2 Å². The van der Waals surface area contributed by atoms with E-state index >= 15 is 0 Å². The fourth-order valence-electron chi connectivity index (χ4n) is 1.58. The molecule has 0 unspecified atom stereocenters. The molecule has 4 nitrogen and oxygen atoms in total. The Balaban J connectivity index is 2.41. The minimum Gasteiger partial charge on any atom is -0.367 e. The number of hydrogen-bond acceptors (Lipinski definition) is 5. The number of thioether (sulfide) groups is 1. The number of hydrogen-bond donors (Lipinski definition) is 1. The Labute approximate surface area is 90.7 Å². The minimum atomic E-state index is -1.01. The van der Waals surface area contributed by atoms with Crippen molar-refractivity contribution in [3.63, 3.8) is 0 Å². The predicted octanol–water partition coefficient (Wildman–Crippen LogP) is 1.03. The van der Waals surface area contributed by atoms with Gasteiger partial charge in [-0.05, 0) is 11.1 Å². The first-order valence-electron chi connectivity index (χ1n) is 4.38. The third-order valence-electron chi connectivity index (χ3n) is 2.31. The van der Waals surface area contributed by atoms with Crippen molar-refractivity contribution >= 4 is 23.5 Å². The van der Waals surface area contributed by atoms with Crippen LogP contribution >= 0.6 is 11.8 Å². The highest BCUT2D eigenvalue weighted by Gasteiger charge is 2.24. The molecule has 2 rings (SSSR count). The molecule has 0 atom stereocenters. The number of nitrogens with two attached hydrogens (primary N) is 1. The van der Waals surface area contributed by atoms with E-state index in [1.165, 1.54) is 0 Å². The summed E-state index contributed by atoms with van der Waals surface area (Å²) in [5.41, 5.74) is 2.45. The Morgan fingerprint density at radius 2 is 2.13 bits per heavy atom. The molecule has 0 radical (unpaired) electrons. The zero-order valence-corrected chi connectivity index (χ0v) is 8.67. The number of ketones is 1. The van der Waals surface area contributed by atoms with Crippen LogP contribution in [-0.4, -0.2) is 11.8 Å². The standard InChI is InChI=1S/C10H9NO3S/c11-14-10(13)9(12)7-3-1-2-6-4-15-5-8(6)7/h1-3H,4-5,11H2. The summed E-state index contributed by atoms with van der Waals surface area (Å²) in [7, 11) is 0. The number of carbonyl (C=O) groups excluding carboxylic acids is 2. The average molecular weight is 223 g/mol. The van der Waals surface area contributed by atoms with Crippen LogP contribution in [0.2, 0.25) is 0 Å². The van der Waals surface area contributed by atoms with Crippen LogP contribution in [0.3, 0.4) is 0 Å². The maximum Gasteiger partial charge on any atom is 0.398 e. The van der Waals surface area contributed by atoms with Crippen molar-refractivity contribution in [2.24, 2.45) is 5.90 Å². The van der Waals surface area contributed by atoms with E-state index < -0.39 is 11.8 Å². The summed E-state index contributed by atoms with van der Waals surface area (Å²) in [6.07, 6.45) is 0. The highest BCUT2D eigenvalue weighted by molar-refractivity contribution is 7.98. The lowest BCUT2D eigenvalue weighted by Crippen LogP contribution is -2.21. The fraction of sp³-hybridized carbons (Fsp3) is 0.200. The summed E-state index contributed by atoms with van der Waals surface area (Å²) in [6, 6.07) is 5.35. The molecule has 1 aliphatic heterocycles. The monoisotopic (exact) mass is 223 g/mol. The minimum absolute atomic E-state index is 0.410. The second kappa shape index (κ2) is 4.04. The Bertz CT molecular complexity index is 431. The molecular formula is C10H9NO3S. The molecule has 0 aromatic heterocycles. The van der Waals surface area contributed by atoms with Crippen LogP contribution in [0.4, 0.5) is 0 Å². The van der Waals surface area contributed by atoms with E-state index in [-0.39, 0.29) is 0 Å². The van der Waals surface area contributed by atoms with E-state index in [4.69, 9.17) is 0 Å². The third-order valence-corrected chi connectivity index (χ3v) is 3.32. The molecule has 0 spiro atoms. The lowest BCUT2D eigenvalue weighted by atomic mass is 10.0. The van der Waals surface area contributed by atoms with Crippen LogP contribution in [-0.2, 0) is 21.1 Å². The molecule has 1 aromatic carbocycles. The quantitative estimate of drug-likeness (QED) is 0.460. The highest BCUT2D eigenvalue weighted by Crippen LogP contribution is 2.32. The molecule has 0 saturated carbocycles. The number of carbonyl (C=O) groups is 2. The van der Waals surface area contributed by atoms with Gasteiger partial charge in [0.15, 0.2) is 0 Å². The Morgan fingerprint density at radius 3 is 2.87 bits per heavy atom. The first-order valence-corrected chi connectivity index (χ1v) is 5.53. The van der Waals surface area contributed by atoms with Gasteiger partial charge in [0.1, 0.15) is 0 Å². The van der Waals surface area contributed by atoms with Crippen LogP contribution in [0, 0.1) is 0 Å². The van der Waals surface area contributed by atoms with Gasteiger partial charge in [-0.3, -0.25) is 4.79 Å². The van der Waals surface area contributed by atoms with Gasteiger partial charge in [-0.1, -0.05) is 18.2 Å². The Morgan fingerprint density at radius 1 is 1.33 bits per heavy atom. The van der Waals surface area contributed by atoms with Gasteiger partial charge in [-0.15, -0.1) is 0 Å². The van der Waals surface area contributed by atoms with Crippen LogP contribution < -0.4 is 5.90 Å². The average Bonchev–Trinajstić information content (AvgIpc) is 2.74.